The molecule has 0 aliphatic rings. The molecule has 0 saturated heterocycles. The first-order valence-electron chi connectivity index (χ1n) is 8.10. The molecule has 0 saturated carbocycles. The maximum atomic E-state index is 12.3. The Balaban J connectivity index is 1.84. The van der Waals surface area contributed by atoms with Crippen molar-refractivity contribution in [3.63, 3.8) is 0 Å². The number of ether oxygens (including phenoxy) is 1. The topological polar surface area (TPSA) is 160 Å². The number of rotatable bonds is 6. The molecule has 0 atom stereocenters. The van der Waals surface area contributed by atoms with Crippen LogP contribution in [-0.4, -0.2) is 38.6 Å². The van der Waals surface area contributed by atoms with Gasteiger partial charge < -0.3 is 20.2 Å². The molecule has 1 N–H and O–H groups in total. The molecule has 2 aromatic heterocycles. The lowest BCUT2D eigenvalue weighted by Gasteiger charge is -2.05. The van der Waals surface area contributed by atoms with E-state index in [4.69, 9.17) is 11.6 Å². The number of aromatic nitrogens is 2. The minimum atomic E-state index is -0.979. The zero-order chi connectivity index (χ0) is 22.2. The maximum Gasteiger partial charge on any atom is 0.468 e. The van der Waals surface area contributed by atoms with Crippen LogP contribution < -0.4 is 5.32 Å². The molecule has 0 fully saturated rings. The standard InChI is InChI=1S/C16H12ClN5O7S/c1-7-13(21(25)26)15(22(27)28)19-20(7)6-11(23)18-8-3-4-9-10(5-8)30-14(12(9)17)16(24)29-2/h3-5H,6H2,1-2H3,(H,18,23). The highest BCUT2D eigenvalue weighted by Gasteiger charge is 2.35. The average Bonchev–Trinajstić information content (AvgIpc) is 3.18. The van der Waals surface area contributed by atoms with Crippen molar-refractivity contribution in [1.29, 1.82) is 0 Å². The van der Waals surface area contributed by atoms with Gasteiger partial charge in [-0.05, 0) is 30.0 Å². The van der Waals surface area contributed by atoms with Gasteiger partial charge in [-0.15, -0.1) is 11.3 Å². The lowest BCUT2D eigenvalue weighted by molar-refractivity contribution is -0.424. The van der Waals surface area contributed by atoms with E-state index in [1.807, 2.05) is 0 Å². The Morgan fingerprint density at radius 1 is 1.30 bits per heavy atom. The van der Waals surface area contributed by atoms with Crippen LogP contribution in [0.4, 0.5) is 17.2 Å². The third-order valence-electron chi connectivity index (χ3n) is 4.09. The summed E-state index contributed by atoms with van der Waals surface area (Å²) < 4.78 is 6.19. The Kier molecular flexibility index (Phi) is 5.67. The van der Waals surface area contributed by atoms with Crippen LogP contribution in [-0.2, 0) is 16.1 Å². The largest absolute Gasteiger partial charge is 0.468 e. The van der Waals surface area contributed by atoms with Crippen molar-refractivity contribution in [2.24, 2.45) is 0 Å². The number of fused-ring (bicyclic) bond motifs is 1. The molecule has 3 rings (SSSR count). The van der Waals surface area contributed by atoms with Crippen LogP contribution in [0.15, 0.2) is 18.2 Å². The molecule has 1 aromatic carbocycles. The second kappa shape index (κ2) is 8.04. The number of carbonyl (C=O) groups is 2. The Morgan fingerprint density at radius 3 is 2.57 bits per heavy atom. The zero-order valence-electron chi connectivity index (χ0n) is 15.4. The monoisotopic (exact) mass is 453 g/mol. The van der Waals surface area contributed by atoms with Crippen LogP contribution in [0.3, 0.4) is 0 Å². The number of nitro groups is 2. The number of carbonyl (C=O) groups excluding carboxylic acids is 2. The molecule has 12 nitrogen and oxygen atoms in total. The van der Waals surface area contributed by atoms with Gasteiger partial charge in [0.05, 0.1) is 22.2 Å². The first-order chi connectivity index (χ1) is 14.1. The Bertz CT molecular complexity index is 1220. The molecule has 156 valence electrons. The molecule has 0 aliphatic carbocycles. The number of nitrogens with zero attached hydrogens (tertiary/aromatic N) is 4. The van der Waals surface area contributed by atoms with Crippen molar-refractivity contribution in [2.75, 3.05) is 12.4 Å². The number of hydrogen-bond acceptors (Lipinski definition) is 9. The minimum absolute atomic E-state index is 0.120. The first-order valence-corrected chi connectivity index (χ1v) is 9.29. The fourth-order valence-electron chi connectivity index (χ4n) is 2.71. The first kappa shape index (κ1) is 21.1. The summed E-state index contributed by atoms with van der Waals surface area (Å²) in [4.78, 5) is 44.5. The van der Waals surface area contributed by atoms with Crippen LogP contribution in [0.25, 0.3) is 10.1 Å². The maximum absolute atomic E-state index is 12.3. The average molecular weight is 454 g/mol. The third-order valence-corrected chi connectivity index (χ3v) is 5.73. The molecule has 1 amide bonds. The van der Waals surface area contributed by atoms with Crippen LogP contribution >= 0.6 is 22.9 Å². The fraction of sp³-hybridized carbons (Fsp3) is 0.188. The highest BCUT2D eigenvalue weighted by atomic mass is 35.5. The van der Waals surface area contributed by atoms with Crippen molar-refractivity contribution in [1.82, 2.24) is 9.78 Å². The van der Waals surface area contributed by atoms with E-state index in [-0.39, 0.29) is 15.6 Å². The van der Waals surface area contributed by atoms with E-state index in [1.165, 1.54) is 14.0 Å². The Morgan fingerprint density at radius 2 is 2.00 bits per heavy atom. The number of anilines is 1. The molecule has 0 radical (unpaired) electrons. The molecule has 0 aliphatic heterocycles. The molecule has 30 heavy (non-hydrogen) atoms. The summed E-state index contributed by atoms with van der Waals surface area (Å²) in [7, 11) is 1.24. The molecule has 0 bridgehead atoms. The summed E-state index contributed by atoms with van der Waals surface area (Å²) in [6.45, 7) is 0.788. The van der Waals surface area contributed by atoms with Gasteiger partial charge in [0.15, 0.2) is 0 Å². The van der Waals surface area contributed by atoms with E-state index in [2.05, 4.69) is 15.2 Å². The van der Waals surface area contributed by atoms with Crippen molar-refractivity contribution in [2.45, 2.75) is 13.5 Å². The van der Waals surface area contributed by atoms with Crippen molar-refractivity contribution >= 4 is 62.1 Å². The quantitative estimate of drug-likeness (QED) is 0.338. The van der Waals surface area contributed by atoms with E-state index in [0.717, 1.165) is 16.0 Å². The van der Waals surface area contributed by atoms with Gasteiger partial charge in [-0.2, -0.15) is 4.68 Å². The smallest absolute Gasteiger partial charge is 0.465 e. The molecular formula is C16H12ClN5O7S. The number of benzene rings is 1. The summed E-state index contributed by atoms with van der Waals surface area (Å²) >= 11 is 7.27. The lowest BCUT2D eigenvalue weighted by Crippen LogP contribution is -2.20. The number of halogens is 1. The number of amides is 1. The predicted octanol–water partition coefficient (Wildman–Crippen LogP) is 3.30. The Labute approximate surface area is 176 Å². The van der Waals surface area contributed by atoms with Crippen LogP contribution in [0.5, 0.6) is 0 Å². The Hall–Kier alpha value is -3.58. The van der Waals surface area contributed by atoms with E-state index in [0.29, 0.717) is 15.8 Å². The SMILES string of the molecule is COC(=O)c1sc2cc(NC(=O)Cn3nc([N+](=O)[O-])c([N+](=O)[O-])c3C)ccc2c1Cl. The number of esters is 1. The van der Waals surface area contributed by atoms with Crippen LogP contribution in [0.2, 0.25) is 5.02 Å². The highest BCUT2D eigenvalue weighted by Crippen LogP contribution is 2.37. The lowest BCUT2D eigenvalue weighted by atomic mass is 10.2. The van der Waals surface area contributed by atoms with Crippen LogP contribution in [0.1, 0.15) is 15.4 Å². The summed E-state index contributed by atoms with van der Waals surface area (Å²) in [6.07, 6.45) is 0. The van der Waals surface area contributed by atoms with Crippen LogP contribution in [0, 0.1) is 27.2 Å². The summed E-state index contributed by atoms with van der Waals surface area (Å²) in [5, 5.41) is 29.0. The van der Waals surface area contributed by atoms with E-state index in [1.54, 1.807) is 18.2 Å². The van der Waals surface area contributed by atoms with Gasteiger partial charge in [0.1, 0.15) is 17.1 Å². The van der Waals surface area contributed by atoms with Gasteiger partial charge >= 0.3 is 17.5 Å². The van der Waals surface area contributed by atoms with E-state index >= 15 is 0 Å². The second-order valence-electron chi connectivity index (χ2n) is 5.93. The number of methoxy groups -OCH3 is 1. The van der Waals surface area contributed by atoms with Gasteiger partial charge in [-0.25, -0.2) is 4.79 Å². The minimum Gasteiger partial charge on any atom is -0.465 e. The molecule has 14 heteroatoms. The normalized spacial score (nSPS) is 10.8. The predicted molar refractivity (Wildman–Crippen MR) is 107 cm³/mol. The highest BCUT2D eigenvalue weighted by molar-refractivity contribution is 7.21. The number of hydrogen-bond donors (Lipinski definition) is 1. The summed E-state index contributed by atoms with van der Waals surface area (Å²) in [5.74, 6) is -2.12. The van der Waals surface area contributed by atoms with Gasteiger partial charge in [-0.3, -0.25) is 14.9 Å². The molecule has 2 heterocycles. The van der Waals surface area contributed by atoms with Crippen molar-refractivity contribution in [3.8, 4) is 0 Å². The molecular weight excluding hydrogens is 442 g/mol. The third kappa shape index (κ3) is 3.79. The number of thiophene rings is 1. The van der Waals surface area contributed by atoms with Crippen molar-refractivity contribution < 1.29 is 24.2 Å². The molecule has 0 unspecified atom stereocenters. The van der Waals surface area contributed by atoms with E-state index in [9.17, 15) is 29.8 Å². The summed E-state index contributed by atoms with van der Waals surface area (Å²) in [6, 6.07) is 4.77. The van der Waals surface area contributed by atoms with Gasteiger partial charge in [-0.1, -0.05) is 11.6 Å². The van der Waals surface area contributed by atoms with Gasteiger partial charge in [0.25, 0.3) is 0 Å². The zero-order valence-corrected chi connectivity index (χ0v) is 16.9. The fourth-order valence-corrected chi connectivity index (χ4v) is 4.18. The second-order valence-corrected chi connectivity index (χ2v) is 7.36. The van der Waals surface area contributed by atoms with Crippen molar-refractivity contribution in [3.05, 3.63) is 54.0 Å². The molecule has 0 spiro atoms. The molecule has 3 aromatic rings. The van der Waals surface area contributed by atoms with Gasteiger partial charge in [0.2, 0.25) is 5.91 Å². The summed E-state index contributed by atoms with van der Waals surface area (Å²) in [5.41, 5.74) is -0.515. The van der Waals surface area contributed by atoms with E-state index < -0.39 is 39.8 Å². The number of nitrogens with one attached hydrogen (secondary N) is 1. The van der Waals surface area contributed by atoms with Gasteiger partial charge in [0, 0.05) is 15.8 Å².